The van der Waals surface area contributed by atoms with Crippen molar-refractivity contribution in [1.29, 1.82) is 5.26 Å². The quantitative estimate of drug-likeness (QED) is 0.480. The zero-order valence-electron chi connectivity index (χ0n) is 17.1. The summed E-state index contributed by atoms with van der Waals surface area (Å²) in [7, 11) is 0. The Balaban J connectivity index is 1.61. The summed E-state index contributed by atoms with van der Waals surface area (Å²) >= 11 is 7.31. The summed E-state index contributed by atoms with van der Waals surface area (Å²) in [5, 5.41) is 29.9. The van der Waals surface area contributed by atoms with E-state index in [1.54, 1.807) is 17.5 Å². The third-order valence-electron chi connectivity index (χ3n) is 4.24. The van der Waals surface area contributed by atoms with Crippen LogP contribution in [0.2, 0.25) is 5.02 Å². The van der Waals surface area contributed by atoms with Crippen molar-refractivity contribution in [3.63, 3.8) is 0 Å². The highest BCUT2D eigenvalue weighted by molar-refractivity contribution is 7.13. The van der Waals surface area contributed by atoms with Crippen LogP contribution in [0.15, 0.2) is 29.6 Å². The van der Waals surface area contributed by atoms with E-state index in [1.165, 1.54) is 30.0 Å². The van der Waals surface area contributed by atoms with E-state index in [4.69, 9.17) is 26.2 Å². The predicted octanol–water partition coefficient (Wildman–Crippen LogP) is 3.86. The molecule has 0 unspecified atom stereocenters. The molecule has 166 valence electrons. The van der Waals surface area contributed by atoms with E-state index in [9.17, 15) is 14.9 Å². The molecule has 10 nitrogen and oxygen atoms in total. The van der Waals surface area contributed by atoms with E-state index < -0.39 is 17.5 Å². The lowest BCUT2D eigenvalue weighted by Crippen LogP contribution is -2.30. The van der Waals surface area contributed by atoms with Crippen LogP contribution >= 0.6 is 22.9 Å². The van der Waals surface area contributed by atoms with Crippen LogP contribution in [-0.4, -0.2) is 50.4 Å². The number of nitriles is 1. The molecule has 2 heterocycles. The molecular weight excluding hydrogens is 458 g/mol. The normalized spacial score (nSPS) is 11.1. The van der Waals surface area contributed by atoms with Crippen molar-refractivity contribution in [2.45, 2.75) is 20.4 Å². The highest BCUT2D eigenvalue weighted by atomic mass is 35.5. The first-order valence-corrected chi connectivity index (χ1v) is 10.6. The number of aliphatic carboxylic acids is 1. The van der Waals surface area contributed by atoms with Crippen LogP contribution in [0.25, 0.3) is 22.0 Å². The van der Waals surface area contributed by atoms with Crippen LogP contribution in [0, 0.1) is 16.7 Å². The maximum Gasteiger partial charge on any atom is 0.508 e. The van der Waals surface area contributed by atoms with E-state index in [-0.39, 0.29) is 25.5 Å². The SMILES string of the molecule is CC(C)(COC(=O)OCCn1nc(C#N)c(-c2csc(-c3ccc(Cl)cc3)n2)n1)C(=O)O. The Bertz CT molecular complexity index is 1170. The van der Waals surface area contributed by atoms with Crippen molar-refractivity contribution in [2.24, 2.45) is 5.41 Å². The Morgan fingerprint density at radius 3 is 2.62 bits per heavy atom. The van der Waals surface area contributed by atoms with Gasteiger partial charge in [-0.3, -0.25) is 4.79 Å². The molecule has 0 radical (unpaired) electrons. The number of carboxylic acids is 1. The Morgan fingerprint density at radius 1 is 1.25 bits per heavy atom. The first kappa shape index (κ1) is 23.2. The summed E-state index contributed by atoms with van der Waals surface area (Å²) in [4.78, 5) is 28.4. The number of carbonyl (C=O) groups is 2. The number of benzene rings is 1. The van der Waals surface area contributed by atoms with Crippen molar-refractivity contribution in [2.75, 3.05) is 13.2 Å². The van der Waals surface area contributed by atoms with Crippen molar-refractivity contribution < 1.29 is 24.2 Å². The molecular formula is C20H18ClN5O5S. The first-order chi connectivity index (χ1) is 15.2. The van der Waals surface area contributed by atoms with Crippen LogP contribution in [0.4, 0.5) is 4.79 Å². The van der Waals surface area contributed by atoms with Crippen LogP contribution in [0.1, 0.15) is 19.5 Å². The number of carbonyl (C=O) groups excluding carboxylic acids is 1. The summed E-state index contributed by atoms with van der Waals surface area (Å²) in [5.74, 6) is -1.09. The second-order valence-electron chi connectivity index (χ2n) is 7.23. The number of thiazole rings is 1. The fourth-order valence-corrected chi connectivity index (χ4v) is 3.29. The van der Waals surface area contributed by atoms with Gasteiger partial charge < -0.3 is 14.6 Å². The van der Waals surface area contributed by atoms with Gasteiger partial charge in [-0.15, -0.1) is 16.4 Å². The lowest BCUT2D eigenvalue weighted by molar-refractivity contribution is -0.149. The number of rotatable bonds is 8. The molecule has 0 fully saturated rings. The van der Waals surface area contributed by atoms with Gasteiger partial charge in [0.15, 0.2) is 11.4 Å². The molecule has 2 aromatic heterocycles. The molecule has 0 bridgehead atoms. The molecule has 0 aliphatic carbocycles. The smallest absolute Gasteiger partial charge is 0.481 e. The molecule has 1 N–H and O–H groups in total. The molecule has 0 saturated carbocycles. The van der Waals surface area contributed by atoms with Crippen molar-refractivity contribution in [3.8, 4) is 28.0 Å². The number of aromatic nitrogens is 4. The summed E-state index contributed by atoms with van der Waals surface area (Å²) in [5.41, 5.74) is 0.560. The number of hydrogen-bond acceptors (Lipinski definition) is 9. The zero-order valence-corrected chi connectivity index (χ0v) is 18.7. The van der Waals surface area contributed by atoms with Gasteiger partial charge in [-0.05, 0) is 26.0 Å². The second-order valence-corrected chi connectivity index (χ2v) is 8.52. The lowest BCUT2D eigenvalue weighted by Gasteiger charge is -2.18. The van der Waals surface area contributed by atoms with Gasteiger partial charge in [-0.1, -0.05) is 23.7 Å². The fourth-order valence-electron chi connectivity index (χ4n) is 2.36. The second kappa shape index (κ2) is 9.76. The van der Waals surface area contributed by atoms with Gasteiger partial charge in [-0.2, -0.15) is 15.2 Å². The van der Waals surface area contributed by atoms with E-state index in [1.807, 2.05) is 18.2 Å². The van der Waals surface area contributed by atoms with Gasteiger partial charge in [0.25, 0.3) is 0 Å². The third kappa shape index (κ3) is 5.60. The standard InChI is InChI=1S/C20H18ClN5O5S/c1-20(2,18(27)28)11-31-19(29)30-8-7-26-24-14(9-22)16(25-26)15-10-32-17(23-15)12-3-5-13(21)6-4-12/h3-6,10H,7-8,11H2,1-2H3,(H,27,28). The third-order valence-corrected chi connectivity index (χ3v) is 5.38. The van der Waals surface area contributed by atoms with Crippen LogP contribution in [-0.2, 0) is 20.8 Å². The fraction of sp³-hybridized carbons (Fsp3) is 0.300. The van der Waals surface area contributed by atoms with Gasteiger partial charge >= 0.3 is 12.1 Å². The van der Waals surface area contributed by atoms with Gasteiger partial charge in [0.1, 0.15) is 30.0 Å². The minimum absolute atomic E-state index is 0.0697. The highest BCUT2D eigenvalue weighted by Crippen LogP contribution is 2.29. The Hall–Kier alpha value is -3.49. The van der Waals surface area contributed by atoms with Crippen LogP contribution < -0.4 is 0 Å². The van der Waals surface area contributed by atoms with E-state index >= 15 is 0 Å². The number of carboxylic acid groups (broad SMARTS) is 1. The van der Waals surface area contributed by atoms with Gasteiger partial charge in [0.05, 0.1) is 12.0 Å². The summed E-state index contributed by atoms with van der Waals surface area (Å²) in [6.45, 7) is 2.47. The summed E-state index contributed by atoms with van der Waals surface area (Å²) in [6, 6.07) is 9.21. The first-order valence-electron chi connectivity index (χ1n) is 9.29. The lowest BCUT2D eigenvalue weighted by atomic mass is 9.95. The maximum absolute atomic E-state index is 11.7. The van der Waals surface area contributed by atoms with Crippen molar-refractivity contribution in [3.05, 3.63) is 40.4 Å². The topological polar surface area (TPSA) is 140 Å². The molecule has 3 aromatic rings. The Labute approximate surface area is 192 Å². The molecule has 0 saturated heterocycles. The average molecular weight is 476 g/mol. The monoisotopic (exact) mass is 475 g/mol. The van der Waals surface area contributed by atoms with Gasteiger partial charge in [-0.25, -0.2) is 9.78 Å². The molecule has 32 heavy (non-hydrogen) atoms. The number of halogens is 1. The minimum atomic E-state index is -1.22. The Kier molecular flexibility index (Phi) is 7.07. The zero-order chi connectivity index (χ0) is 23.3. The molecule has 0 spiro atoms. The van der Waals surface area contributed by atoms with Crippen LogP contribution in [0.5, 0.6) is 0 Å². The Morgan fingerprint density at radius 2 is 1.97 bits per heavy atom. The molecule has 0 amide bonds. The van der Waals surface area contributed by atoms with Crippen LogP contribution in [0.3, 0.4) is 0 Å². The largest absolute Gasteiger partial charge is 0.508 e. The number of ether oxygens (including phenoxy) is 2. The molecule has 0 atom stereocenters. The minimum Gasteiger partial charge on any atom is -0.481 e. The molecule has 1 aromatic carbocycles. The van der Waals surface area contributed by atoms with E-state index in [0.717, 1.165) is 10.6 Å². The van der Waals surface area contributed by atoms with Crippen molar-refractivity contribution >= 4 is 35.1 Å². The molecule has 12 heteroatoms. The van der Waals surface area contributed by atoms with Gasteiger partial charge in [0, 0.05) is 16.0 Å². The molecule has 3 rings (SSSR count). The van der Waals surface area contributed by atoms with Gasteiger partial charge in [0.2, 0.25) is 0 Å². The predicted molar refractivity (Wildman–Crippen MR) is 115 cm³/mol. The maximum atomic E-state index is 11.7. The average Bonchev–Trinajstić information content (AvgIpc) is 3.40. The highest BCUT2D eigenvalue weighted by Gasteiger charge is 2.29. The molecule has 0 aliphatic rings. The van der Waals surface area contributed by atoms with Crippen molar-refractivity contribution in [1.82, 2.24) is 20.0 Å². The summed E-state index contributed by atoms with van der Waals surface area (Å²) < 4.78 is 9.74. The van der Waals surface area contributed by atoms with E-state index in [2.05, 4.69) is 15.2 Å². The molecule has 0 aliphatic heterocycles. The summed E-state index contributed by atoms with van der Waals surface area (Å²) in [6.07, 6.45) is -1.00. The number of hydrogen-bond donors (Lipinski definition) is 1. The number of nitrogens with zero attached hydrogens (tertiary/aromatic N) is 5. The van der Waals surface area contributed by atoms with E-state index in [0.29, 0.717) is 16.4 Å².